The molecule has 27 heavy (non-hydrogen) atoms. The van der Waals surface area contributed by atoms with Crippen molar-refractivity contribution in [3.05, 3.63) is 52.4 Å². The van der Waals surface area contributed by atoms with Gasteiger partial charge in [0.15, 0.2) is 15.8 Å². The van der Waals surface area contributed by atoms with E-state index in [1.165, 1.54) is 24.1 Å². The number of amides is 1. The highest BCUT2D eigenvalue weighted by molar-refractivity contribution is 8.27. The lowest BCUT2D eigenvalue weighted by Crippen LogP contribution is -2.27. The molecule has 0 spiro atoms. The van der Waals surface area contributed by atoms with Gasteiger partial charge in [0.1, 0.15) is 0 Å². The van der Waals surface area contributed by atoms with Crippen LogP contribution in [0.3, 0.4) is 0 Å². The molecule has 0 aromatic heterocycles. The van der Waals surface area contributed by atoms with E-state index in [-0.39, 0.29) is 21.5 Å². The molecule has 3 rings (SSSR count). The summed E-state index contributed by atoms with van der Waals surface area (Å²) in [6.45, 7) is 0. The van der Waals surface area contributed by atoms with Crippen LogP contribution < -0.4 is 14.7 Å². The molecule has 0 bridgehead atoms. The number of hydrogen-bond donors (Lipinski definition) is 2. The third kappa shape index (κ3) is 3.60. The second kappa shape index (κ2) is 7.29. The van der Waals surface area contributed by atoms with Gasteiger partial charge in [-0.25, -0.2) is 4.79 Å². The van der Waals surface area contributed by atoms with Gasteiger partial charge < -0.3 is 20.1 Å². The van der Waals surface area contributed by atoms with Gasteiger partial charge in [-0.3, -0.25) is 9.69 Å². The van der Waals surface area contributed by atoms with E-state index in [9.17, 15) is 19.8 Å². The normalized spacial score (nSPS) is 15.4. The molecule has 1 saturated heterocycles. The van der Waals surface area contributed by atoms with Gasteiger partial charge in [0.2, 0.25) is 0 Å². The zero-order valence-corrected chi connectivity index (χ0v) is 15.5. The van der Waals surface area contributed by atoms with E-state index in [0.29, 0.717) is 10.5 Å². The first-order chi connectivity index (χ1) is 12.8. The van der Waals surface area contributed by atoms with Crippen LogP contribution in [0.25, 0.3) is 6.08 Å². The fourth-order valence-corrected chi connectivity index (χ4v) is 3.75. The number of phenols is 1. The number of benzene rings is 2. The summed E-state index contributed by atoms with van der Waals surface area (Å²) in [6.07, 6.45) is 1.58. The summed E-state index contributed by atoms with van der Waals surface area (Å²) in [4.78, 5) is 25.4. The van der Waals surface area contributed by atoms with E-state index in [1.807, 2.05) is 0 Å². The summed E-state index contributed by atoms with van der Waals surface area (Å²) in [6, 6.07) is 8.19. The molecule has 1 amide bonds. The second-order valence-corrected chi connectivity index (χ2v) is 7.11. The summed E-state index contributed by atoms with van der Waals surface area (Å²) in [7, 11) is 1.41. The van der Waals surface area contributed by atoms with Gasteiger partial charge >= 0.3 is 5.97 Å². The van der Waals surface area contributed by atoms with Crippen molar-refractivity contribution in [2.75, 3.05) is 12.0 Å². The Morgan fingerprint density at radius 1 is 1.30 bits per heavy atom. The number of hydrogen-bond acceptors (Lipinski definition) is 7. The zero-order chi connectivity index (χ0) is 19.7. The number of carbonyl (C=O) groups is 2. The topological polar surface area (TPSA) is 110 Å². The van der Waals surface area contributed by atoms with Gasteiger partial charge in [0, 0.05) is 0 Å². The Bertz CT molecular complexity index is 1000. The Hall–Kier alpha value is -3.04. The van der Waals surface area contributed by atoms with Crippen molar-refractivity contribution in [2.24, 2.45) is 0 Å². The minimum absolute atomic E-state index is 0.0268. The maximum atomic E-state index is 12.8. The van der Waals surface area contributed by atoms with Gasteiger partial charge in [-0.2, -0.15) is 0 Å². The molecule has 138 valence electrons. The van der Waals surface area contributed by atoms with E-state index >= 15 is 0 Å². The SMILES string of the molecule is COc1cc(/C=C2\SC(=S)N(c3ccc([O-])c(C(=O)O)c3)C2=O)ccc1O. The van der Waals surface area contributed by atoms with E-state index in [1.54, 1.807) is 18.2 Å². The van der Waals surface area contributed by atoms with Crippen molar-refractivity contribution in [1.29, 1.82) is 0 Å². The highest BCUT2D eigenvalue weighted by Gasteiger charge is 2.33. The van der Waals surface area contributed by atoms with Crippen LogP contribution in [0.15, 0.2) is 41.3 Å². The number of carboxylic acids is 1. The first kappa shape index (κ1) is 18.7. The highest BCUT2D eigenvalue weighted by atomic mass is 32.2. The van der Waals surface area contributed by atoms with Gasteiger partial charge in [-0.05, 0) is 35.9 Å². The number of methoxy groups -OCH3 is 1. The van der Waals surface area contributed by atoms with Crippen LogP contribution in [0.5, 0.6) is 17.2 Å². The average Bonchev–Trinajstić information content (AvgIpc) is 2.90. The molecule has 0 atom stereocenters. The molecule has 9 heteroatoms. The molecule has 2 aromatic carbocycles. The minimum atomic E-state index is -1.38. The zero-order valence-electron chi connectivity index (χ0n) is 13.8. The van der Waals surface area contributed by atoms with Crippen LogP contribution in [0, 0.1) is 0 Å². The van der Waals surface area contributed by atoms with Gasteiger partial charge in [0.05, 0.1) is 23.3 Å². The molecule has 1 aliphatic heterocycles. The number of ether oxygens (including phenoxy) is 1. The molecule has 1 aliphatic rings. The number of phenolic OH excluding ortho intramolecular Hbond substituents is 1. The van der Waals surface area contributed by atoms with Crippen LogP contribution >= 0.6 is 24.0 Å². The van der Waals surface area contributed by atoms with Crippen molar-refractivity contribution in [3.8, 4) is 17.2 Å². The molecule has 1 heterocycles. The second-order valence-electron chi connectivity index (χ2n) is 5.43. The number of aromatic carboxylic acids is 1. The van der Waals surface area contributed by atoms with Crippen molar-refractivity contribution in [2.45, 2.75) is 0 Å². The molecule has 0 saturated carbocycles. The average molecular weight is 402 g/mol. The molecule has 7 nitrogen and oxygen atoms in total. The standard InChI is InChI=1S/C18H13NO6S2/c1-25-14-6-9(2-4-13(14)21)7-15-16(22)19(18(26)27-15)10-3-5-12(20)11(8-10)17(23)24/h2-8,20-21H,1H3,(H,23,24)/p-1/b15-7-. The summed E-state index contributed by atoms with van der Waals surface area (Å²) in [5.41, 5.74) is 0.390. The Balaban J connectivity index is 1.96. The van der Waals surface area contributed by atoms with Crippen LogP contribution in [0.2, 0.25) is 0 Å². The Morgan fingerprint density at radius 2 is 2.04 bits per heavy atom. The van der Waals surface area contributed by atoms with Gasteiger partial charge in [0.25, 0.3) is 5.91 Å². The quantitative estimate of drug-likeness (QED) is 0.593. The number of carboxylic acid groups (broad SMARTS) is 1. The van der Waals surface area contributed by atoms with Crippen LogP contribution in [-0.2, 0) is 4.79 Å². The Labute approximate surface area is 163 Å². The third-order valence-corrected chi connectivity index (χ3v) is 5.05. The number of carbonyl (C=O) groups excluding carboxylic acids is 1. The van der Waals surface area contributed by atoms with E-state index in [0.717, 1.165) is 23.9 Å². The van der Waals surface area contributed by atoms with Crippen molar-refractivity contribution in [3.63, 3.8) is 0 Å². The lowest BCUT2D eigenvalue weighted by molar-refractivity contribution is -0.268. The number of nitrogens with zero attached hydrogens (tertiary/aromatic N) is 1. The molecule has 0 unspecified atom stereocenters. The fraction of sp³-hybridized carbons (Fsp3) is 0.0556. The Kier molecular flexibility index (Phi) is 5.06. The van der Waals surface area contributed by atoms with Crippen LogP contribution in [0.1, 0.15) is 15.9 Å². The first-order valence-electron chi connectivity index (χ1n) is 7.51. The summed E-state index contributed by atoms with van der Waals surface area (Å²) < 4.78 is 5.26. The number of aromatic hydroxyl groups is 1. The van der Waals surface area contributed by atoms with Crippen molar-refractivity contribution < 1.29 is 29.6 Å². The van der Waals surface area contributed by atoms with E-state index < -0.39 is 23.2 Å². The smallest absolute Gasteiger partial charge is 0.335 e. The summed E-state index contributed by atoms with van der Waals surface area (Å²) in [5.74, 6) is -2.23. The number of rotatable bonds is 4. The lowest BCUT2D eigenvalue weighted by Gasteiger charge is -2.18. The van der Waals surface area contributed by atoms with Crippen molar-refractivity contribution >= 4 is 51.9 Å². The molecular formula is C18H12NO6S2-. The van der Waals surface area contributed by atoms with Crippen LogP contribution in [-0.4, -0.2) is 33.5 Å². The molecule has 2 N–H and O–H groups in total. The predicted octanol–water partition coefficient (Wildman–Crippen LogP) is 2.58. The fourth-order valence-electron chi connectivity index (χ4n) is 2.45. The summed E-state index contributed by atoms with van der Waals surface area (Å²) in [5, 5.41) is 30.4. The van der Waals surface area contributed by atoms with Gasteiger partial charge in [-0.1, -0.05) is 41.9 Å². The molecule has 1 fully saturated rings. The first-order valence-corrected chi connectivity index (χ1v) is 8.73. The van der Waals surface area contributed by atoms with E-state index in [2.05, 4.69) is 0 Å². The van der Waals surface area contributed by atoms with Crippen LogP contribution in [0.4, 0.5) is 5.69 Å². The number of thiocarbonyl (C=S) groups is 1. The highest BCUT2D eigenvalue weighted by Crippen LogP contribution is 2.38. The summed E-state index contributed by atoms with van der Waals surface area (Å²) >= 11 is 6.29. The lowest BCUT2D eigenvalue weighted by atomic mass is 10.1. The number of anilines is 1. The van der Waals surface area contributed by atoms with Gasteiger partial charge in [-0.15, -0.1) is 0 Å². The number of thioether (sulfide) groups is 1. The predicted molar refractivity (Wildman–Crippen MR) is 103 cm³/mol. The molecule has 0 aliphatic carbocycles. The monoisotopic (exact) mass is 402 g/mol. The minimum Gasteiger partial charge on any atom is -0.872 e. The van der Waals surface area contributed by atoms with Crippen molar-refractivity contribution in [1.82, 2.24) is 0 Å². The Morgan fingerprint density at radius 3 is 2.70 bits per heavy atom. The maximum absolute atomic E-state index is 12.8. The molecule has 0 radical (unpaired) electrons. The molecule has 2 aromatic rings. The van der Waals surface area contributed by atoms with E-state index in [4.69, 9.17) is 22.1 Å². The largest absolute Gasteiger partial charge is 0.872 e. The maximum Gasteiger partial charge on any atom is 0.335 e. The third-order valence-electron chi connectivity index (χ3n) is 3.75. The molecular weight excluding hydrogens is 390 g/mol.